The fraction of sp³-hybridized carbons (Fsp3) is 0.371. The Balaban J connectivity index is 1.18. The largest absolute Gasteiger partial charge is 0.324 e. The van der Waals surface area contributed by atoms with Crippen molar-refractivity contribution in [3.63, 3.8) is 0 Å². The van der Waals surface area contributed by atoms with Gasteiger partial charge in [0.05, 0.1) is 16.3 Å². The van der Waals surface area contributed by atoms with Crippen LogP contribution in [0, 0.1) is 26.7 Å². The van der Waals surface area contributed by atoms with Gasteiger partial charge in [0.15, 0.2) is 0 Å². The zero-order valence-electron chi connectivity index (χ0n) is 26.8. The molecule has 2 amide bonds. The summed E-state index contributed by atoms with van der Waals surface area (Å²) in [7, 11) is -3.57. The quantitative estimate of drug-likeness (QED) is 0.212. The number of amides is 2. The van der Waals surface area contributed by atoms with Gasteiger partial charge in [-0.3, -0.25) is 5.32 Å². The highest BCUT2D eigenvalue weighted by Crippen LogP contribution is 2.31. The Morgan fingerprint density at radius 3 is 2.18 bits per heavy atom. The van der Waals surface area contributed by atoms with Crippen LogP contribution in [0.1, 0.15) is 61.6 Å². The Bertz CT molecular complexity index is 1780. The van der Waals surface area contributed by atoms with Crippen molar-refractivity contribution in [2.24, 2.45) is 5.92 Å². The number of carbonyl (C=O) groups excluding carboxylic acids is 1. The highest BCUT2D eigenvalue weighted by atomic mass is 35.5. The van der Waals surface area contributed by atoms with Crippen LogP contribution in [0.5, 0.6) is 0 Å². The summed E-state index contributed by atoms with van der Waals surface area (Å²) in [5.41, 5.74) is 5.97. The van der Waals surface area contributed by atoms with Gasteiger partial charge in [-0.25, -0.2) is 17.9 Å². The first kappa shape index (κ1) is 32.7. The summed E-state index contributed by atoms with van der Waals surface area (Å²) >= 11 is 6.19. The van der Waals surface area contributed by atoms with Gasteiger partial charge in [-0.15, -0.1) is 0 Å². The average molecular weight is 648 g/mol. The van der Waals surface area contributed by atoms with Crippen LogP contribution >= 0.6 is 11.6 Å². The molecule has 1 aliphatic rings. The number of nitrogens with zero attached hydrogens (tertiary/aromatic N) is 3. The van der Waals surface area contributed by atoms with Crippen LogP contribution in [0.4, 0.5) is 16.3 Å². The molecule has 3 aromatic carbocycles. The van der Waals surface area contributed by atoms with E-state index in [1.54, 1.807) is 28.0 Å². The van der Waals surface area contributed by atoms with Crippen molar-refractivity contribution in [2.75, 3.05) is 23.7 Å². The normalized spacial score (nSPS) is 14.8. The van der Waals surface area contributed by atoms with Gasteiger partial charge in [0.2, 0.25) is 10.0 Å². The molecule has 0 bridgehead atoms. The number of sulfonamides is 1. The third-order valence-electron chi connectivity index (χ3n) is 8.38. The number of urea groups is 1. The third kappa shape index (κ3) is 7.60. The van der Waals surface area contributed by atoms with E-state index in [9.17, 15) is 13.2 Å². The van der Waals surface area contributed by atoms with Crippen LogP contribution in [-0.2, 0) is 21.9 Å². The maximum absolute atomic E-state index is 13.4. The van der Waals surface area contributed by atoms with E-state index in [4.69, 9.17) is 16.7 Å². The van der Waals surface area contributed by atoms with Gasteiger partial charge in [-0.2, -0.15) is 9.40 Å². The topological polar surface area (TPSA) is 96.3 Å². The van der Waals surface area contributed by atoms with E-state index in [-0.39, 0.29) is 11.4 Å². The first-order valence-electron chi connectivity index (χ1n) is 15.3. The van der Waals surface area contributed by atoms with E-state index in [2.05, 4.69) is 31.4 Å². The number of hydrogen-bond acceptors (Lipinski definition) is 4. The van der Waals surface area contributed by atoms with E-state index in [1.807, 2.05) is 68.4 Å². The highest BCUT2D eigenvalue weighted by Gasteiger charge is 2.31. The monoisotopic (exact) mass is 647 g/mol. The lowest BCUT2D eigenvalue weighted by atomic mass is 9.91. The third-order valence-corrected chi connectivity index (χ3v) is 10.8. The first-order chi connectivity index (χ1) is 21.2. The molecule has 1 saturated heterocycles. The molecule has 0 unspecified atom stereocenters. The number of rotatable bonds is 7. The molecule has 0 saturated carbocycles. The van der Waals surface area contributed by atoms with E-state index >= 15 is 0 Å². The Morgan fingerprint density at radius 1 is 0.911 bits per heavy atom. The van der Waals surface area contributed by atoms with Gasteiger partial charge in [0, 0.05) is 35.3 Å². The second kappa shape index (κ2) is 13.0. The Morgan fingerprint density at radius 2 is 1.56 bits per heavy atom. The van der Waals surface area contributed by atoms with Crippen molar-refractivity contribution < 1.29 is 13.2 Å². The predicted octanol–water partition coefficient (Wildman–Crippen LogP) is 8.04. The summed E-state index contributed by atoms with van der Waals surface area (Å²) in [5, 5.41) is 11.3. The standard InChI is InChI=1S/C35H42ClN5O3S/c1-23-7-13-29(14-8-23)41-33(22-32(39-41)35(4,5)6)38-34(42)37-28-11-9-26(10-12-28)21-27-15-17-40(18-16-27)45(43,44)31-20-24(2)30(36)19-25(31)3/h7-14,19-20,22,27H,15-18,21H2,1-6H3,(H2,37,38,42). The van der Waals surface area contributed by atoms with Crippen molar-refractivity contribution in [3.05, 3.63) is 99.7 Å². The SMILES string of the molecule is Cc1ccc(-n2nc(C(C)(C)C)cc2NC(=O)Nc2ccc(CC3CCN(S(=O)(=O)c4cc(C)c(Cl)cc4C)CC3)cc2)cc1. The second-order valence-electron chi connectivity index (χ2n) is 13.1. The Labute approximate surface area is 271 Å². The lowest BCUT2D eigenvalue weighted by Crippen LogP contribution is -2.39. The van der Waals surface area contributed by atoms with Crippen molar-refractivity contribution >= 4 is 39.2 Å². The summed E-state index contributed by atoms with van der Waals surface area (Å²) in [4.78, 5) is 13.4. The summed E-state index contributed by atoms with van der Waals surface area (Å²) in [6, 6.07) is 20.8. The molecule has 2 heterocycles. The van der Waals surface area contributed by atoms with E-state index in [0.29, 0.717) is 46.0 Å². The Kier molecular flexibility index (Phi) is 9.44. The smallest absolute Gasteiger partial charge is 0.308 e. The fourth-order valence-electron chi connectivity index (χ4n) is 5.58. The number of hydrogen-bond donors (Lipinski definition) is 2. The lowest BCUT2D eigenvalue weighted by Gasteiger charge is -2.31. The zero-order valence-corrected chi connectivity index (χ0v) is 28.4. The molecule has 1 aromatic heterocycles. The number of benzene rings is 3. The van der Waals surface area contributed by atoms with Gasteiger partial charge < -0.3 is 5.32 Å². The molecule has 45 heavy (non-hydrogen) atoms. The van der Waals surface area contributed by atoms with Gasteiger partial charge in [-0.05, 0) is 99.0 Å². The molecule has 1 aliphatic heterocycles. The molecular weight excluding hydrogens is 606 g/mol. The van der Waals surface area contributed by atoms with Gasteiger partial charge in [-0.1, -0.05) is 62.2 Å². The summed E-state index contributed by atoms with van der Waals surface area (Å²) in [6.07, 6.45) is 2.43. The van der Waals surface area contributed by atoms with Crippen LogP contribution in [-0.4, -0.2) is 41.6 Å². The highest BCUT2D eigenvalue weighted by molar-refractivity contribution is 7.89. The molecule has 8 nitrogen and oxygen atoms in total. The molecular formula is C35H42ClN5O3S. The van der Waals surface area contributed by atoms with Gasteiger partial charge >= 0.3 is 6.03 Å². The molecule has 238 valence electrons. The van der Waals surface area contributed by atoms with Crippen LogP contribution in [0.2, 0.25) is 5.02 Å². The first-order valence-corrected chi connectivity index (χ1v) is 17.1. The molecule has 0 aliphatic carbocycles. The zero-order chi connectivity index (χ0) is 32.5. The number of carbonyl (C=O) groups is 1. The maximum Gasteiger partial charge on any atom is 0.324 e. The molecule has 1 fully saturated rings. The molecule has 10 heteroatoms. The number of aromatic nitrogens is 2. The number of aryl methyl sites for hydroxylation is 3. The molecule has 0 radical (unpaired) electrons. The molecule has 0 atom stereocenters. The van der Waals surface area contributed by atoms with Gasteiger partial charge in [0.1, 0.15) is 5.82 Å². The van der Waals surface area contributed by atoms with Gasteiger partial charge in [0.25, 0.3) is 0 Å². The number of piperidine rings is 1. The Hall–Kier alpha value is -3.66. The number of anilines is 2. The van der Waals surface area contributed by atoms with Crippen LogP contribution in [0.25, 0.3) is 5.69 Å². The van der Waals surface area contributed by atoms with Crippen molar-refractivity contribution in [2.45, 2.75) is 71.1 Å². The van der Waals surface area contributed by atoms with E-state index in [1.165, 1.54) is 0 Å². The van der Waals surface area contributed by atoms with E-state index < -0.39 is 10.0 Å². The minimum Gasteiger partial charge on any atom is -0.308 e. The molecule has 0 spiro atoms. The lowest BCUT2D eigenvalue weighted by molar-refractivity contribution is 0.262. The van der Waals surface area contributed by atoms with Crippen molar-refractivity contribution in [3.8, 4) is 5.69 Å². The van der Waals surface area contributed by atoms with Crippen LogP contribution < -0.4 is 10.6 Å². The predicted molar refractivity (Wildman–Crippen MR) is 182 cm³/mol. The second-order valence-corrected chi connectivity index (χ2v) is 15.4. The maximum atomic E-state index is 13.4. The van der Waals surface area contributed by atoms with Crippen LogP contribution in [0.3, 0.4) is 0 Å². The summed E-state index contributed by atoms with van der Waals surface area (Å²) in [5.74, 6) is 0.971. The molecule has 2 N–H and O–H groups in total. The van der Waals surface area contributed by atoms with E-state index in [0.717, 1.165) is 47.3 Å². The minimum atomic E-state index is -3.57. The number of halogens is 1. The minimum absolute atomic E-state index is 0.182. The molecule has 5 rings (SSSR count). The fourth-order valence-corrected chi connectivity index (χ4v) is 7.56. The van der Waals surface area contributed by atoms with Crippen molar-refractivity contribution in [1.29, 1.82) is 0 Å². The van der Waals surface area contributed by atoms with Crippen LogP contribution in [0.15, 0.2) is 71.6 Å². The summed E-state index contributed by atoms with van der Waals surface area (Å²) < 4.78 is 30.1. The average Bonchev–Trinajstić information content (AvgIpc) is 3.41. The number of nitrogens with one attached hydrogen (secondary N) is 2. The summed E-state index contributed by atoms with van der Waals surface area (Å²) in [6.45, 7) is 12.9. The van der Waals surface area contributed by atoms with Crippen molar-refractivity contribution in [1.82, 2.24) is 14.1 Å². The molecule has 4 aromatic rings.